The van der Waals surface area contributed by atoms with Gasteiger partial charge in [0.1, 0.15) is 18.2 Å². The van der Waals surface area contributed by atoms with Crippen LogP contribution >= 0.6 is 0 Å². The van der Waals surface area contributed by atoms with E-state index in [2.05, 4.69) is 40.4 Å². The zero-order valence-corrected chi connectivity index (χ0v) is 30.8. The molecule has 51 heavy (non-hydrogen) atoms. The maximum atomic E-state index is 15.7. The third-order valence-corrected chi connectivity index (χ3v) is 11.8. The number of carbonyl (C=O) groups is 1. The van der Waals surface area contributed by atoms with Gasteiger partial charge in [-0.2, -0.15) is 4.98 Å². The number of sulfonamides is 1. The number of nitrogens with one attached hydrogen (secondary N) is 1. The molecule has 7 rings (SSSR count). The molecule has 1 amide bonds. The molecular formula is C39H47FN6O4S. The number of nitrogens with zero attached hydrogens (tertiary/aromatic N) is 5. The Hall–Kier alpha value is -4.58. The SMILES string of the molecule is Cc1cccc(C)c1-c1cc2nc(n1)NS(=O)(=O)c1cccc(c1)C(=O)N(Cc1nc(N(C)C3CC4(CC4)C3)ccc1F)[C@H](CC(C)(C)C)CO2.[HH]. The van der Waals surface area contributed by atoms with Crippen LogP contribution in [0.2, 0.25) is 0 Å². The molecule has 4 bridgehead atoms. The summed E-state index contributed by atoms with van der Waals surface area (Å²) in [5.41, 5.74) is 3.71. The average molecular weight is 715 g/mol. The molecule has 10 nitrogen and oxygen atoms in total. The molecule has 4 aromatic rings. The summed E-state index contributed by atoms with van der Waals surface area (Å²) >= 11 is 0. The predicted molar refractivity (Wildman–Crippen MR) is 197 cm³/mol. The molecule has 12 heteroatoms. The lowest BCUT2D eigenvalue weighted by Gasteiger charge is -2.42. The first-order valence-corrected chi connectivity index (χ1v) is 19.0. The highest BCUT2D eigenvalue weighted by Gasteiger charge is 2.54. The lowest BCUT2D eigenvalue weighted by molar-refractivity contribution is 0.0506. The van der Waals surface area contributed by atoms with Gasteiger partial charge in [0, 0.05) is 31.7 Å². The van der Waals surface area contributed by atoms with E-state index in [1.807, 2.05) is 39.1 Å². The van der Waals surface area contributed by atoms with Crippen molar-refractivity contribution in [3.63, 3.8) is 0 Å². The van der Waals surface area contributed by atoms with Gasteiger partial charge in [0.25, 0.3) is 15.9 Å². The molecule has 2 aromatic heterocycles. The molecule has 1 atom stereocenters. The number of aryl methyl sites for hydroxylation is 2. The Kier molecular flexibility index (Phi) is 8.80. The zero-order chi connectivity index (χ0) is 36.3. The Balaban J connectivity index is 0.00000464. The number of amides is 1. The summed E-state index contributed by atoms with van der Waals surface area (Å²) in [5.74, 6) is -0.353. The molecule has 2 fully saturated rings. The number of aromatic nitrogens is 3. The van der Waals surface area contributed by atoms with Crippen LogP contribution in [0.25, 0.3) is 11.3 Å². The third-order valence-electron chi connectivity index (χ3n) is 10.5. The maximum Gasteiger partial charge on any atom is 0.264 e. The van der Waals surface area contributed by atoms with Crippen LogP contribution in [0, 0.1) is 30.5 Å². The molecule has 3 heterocycles. The summed E-state index contributed by atoms with van der Waals surface area (Å²) in [6.07, 6.45) is 5.25. The van der Waals surface area contributed by atoms with Crippen molar-refractivity contribution in [3.05, 3.63) is 88.9 Å². The average Bonchev–Trinajstić information content (AvgIpc) is 3.86. The van der Waals surface area contributed by atoms with Crippen LogP contribution in [-0.2, 0) is 16.6 Å². The number of fused-ring (bicyclic) bond motifs is 4. The summed E-state index contributed by atoms with van der Waals surface area (Å²) in [5, 5.41) is 0. The fourth-order valence-electron chi connectivity index (χ4n) is 7.47. The summed E-state index contributed by atoms with van der Waals surface area (Å²) in [6, 6.07) is 16.3. The van der Waals surface area contributed by atoms with E-state index in [-0.39, 0.29) is 48.0 Å². The molecule has 0 radical (unpaired) electrons. The van der Waals surface area contributed by atoms with Crippen molar-refractivity contribution in [1.29, 1.82) is 0 Å². The number of pyridine rings is 1. The number of hydrogen-bond donors (Lipinski definition) is 1. The van der Waals surface area contributed by atoms with Gasteiger partial charge in [-0.15, -0.1) is 0 Å². The van der Waals surface area contributed by atoms with Gasteiger partial charge in [-0.3, -0.25) is 4.79 Å². The van der Waals surface area contributed by atoms with E-state index in [0.29, 0.717) is 29.4 Å². The van der Waals surface area contributed by atoms with Gasteiger partial charge in [0.15, 0.2) is 0 Å². The van der Waals surface area contributed by atoms with Crippen molar-refractivity contribution in [2.45, 2.75) is 90.2 Å². The smallest absolute Gasteiger partial charge is 0.264 e. The standard InChI is InChI=1S/C39H45FN6O4S.H2/c1-24-9-7-10-25(2)35(24)31-18-34-43-37(42-31)44-51(48,49)29-12-8-11-26(17-29)36(47)46(28(23-50-34)19-38(3,4)5)22-32-30(40)13-14-33(41-32)45(6)27-20-39(21-27)15-16-39;/h7-14,17-18,27-28H,15-16,19-23H2,1-6H3,(H,42,43,44);1H/t28-;/m1./s1. The minimum absolute atomic E-state index is 0. The number of ether oxygens (including phenoxy) is 1. The fourth-order valence-corrected chi connectivity index (χ4v) is 8.46. The molecule has 0 unspecified atom stereocenters. The molecule has 270 valence electrons. The van der Waals surface area contributed by atoms with Crippen molar-refractivity contribution in [1.82, 2.24) is 19.9 Å². The van der Waals surface area contributed by atoms with Crippen molar-refractivity contribution >= 4 is 27.7 Å². The fraction of sp³-hybridized carbons (Fsp3) is 0.436. The number of halogens is 1. The highest BCUT2D eigenvalue weighted by Crippen LogP contribution is 2.61. The Bertz CT molecular complexity index is 2090. The summed E-state index contributed by atoms with van der Waals surface area (Å²) in [7, 11) is -2.24. The molecule has 0 saturated heterocycles. The van der Waals surface area contributed by atoms with E-state index in [9.17, 15) is 13.2 Å². The first kappa shape index (κ1) is 34.9. The van der Waals surface area contributed by atoms with Crippen LogP contribution in [-0.4, -0.2) is 59.9 Å². The number of rotatable bonds is 6. The van der Waals surface area contributed by atoms with Crippen LogP contribution in [0.4, 0.5) is 16.2 Å². The molecule has 1 aliphatic heterocycles. The van der Waals surface area contributed by atoms with Gasteiger partial charge >= 0.3 is 0 Å². The topological polar surface area (TPSA) is 118 Å². The van der Waals surface area contributed by atoms with Crippen molar-refractivity contribution in [2.75, 3.05) is 23.3 Å². The number of carbonyl (C=O) groups excluding carboxylic acids is 1. The van der Waals surface area contributed by atoms with E-state index in [1.165, 1.54) is 37.1 Å². The molecule has 2 saturated carbocycles. The van der Waals surface area contributed by atoms with E-state index < -0.39 is 27.8 Å². The van der Waals surface area contributed by atoms with Gasteiger partial charge in [0.05, 0.1) is 28.9 Å². The van der Waals surface area contributed by atoms with E-state index in [4.69, 9.17) is 9.72 Å². The van der Waals surface area contributed by atoms with Gasteiger partial charge in [-0.05, 0) is 98.2 Å². The van der Waals surface area contributed by atoms with Crippen LogP contribution in [0.15, 0.2) is 65.6 Å². The Morgan fingerprint density at radius 1 is 1.02 bits per heavy atom. The van der Waals surface area contributed by atoms with E-state index in [0.717, 1.165) is 29.5 Å². The van der Waals surface area contributed by atoms with Gasteiger partial charge < -0.3 is 14.5 Å². The Morgan fingerprint density at radius 3 is 2.41 bits per heavy atom. The van der Waals surface area contributed by atoms with Crippen LogP contribution < -0.4 is 14.4 Å². The summed E-state index contributed by atoms with van der Waals surface area (Å²) in [6.45, 7) is 9.97. The zero-order valence-electron chi connectivity index (χ0n) is 30.0. The number of hydrogen-bond acceptors (Lipinski definition) is 8. The number of benzene rings is 2. The monoisotopic (exact) mass is 714 g/mol. The first-order valence-electron chi connectivity index (χ1n) is 17.5. The summed E-state index contributed by atoms with van der Waals surface area (Å²) < 4.78 is 52.0. The highest BCUT2D eigenvalue weighted by molar-refractivity contribution is 7.92. The van der Waals surface area contributed by atoms with Gasteiger partial charge in [-0.1, -0.05) is 45.0 Å². The third kappa shape index (κ3) is 7.28. The van der Waals surface area contributed by atoms with Crippen molar-refractivity contribution in [3.8, 4) is 17.1 Å². The van der Waals surface area contributed by atoms with Gasteiger partial charge in [-0.25, -0.2) is 27.5 Å². The van der Waals surface area contributed by atoms with Crippen LogP contribution in [0.1, 0.15) is 81.5 Å². The lowest BCUT2D eigenvalue weighted by Crippen LogP contribution is -2.46. The van der Waals surface area contributed by atoms with Crippen molar-refractivity contribution < 1.29 is 23.8 Å². The van der Waals surface area contributed by atoms with Gasteiger partial charge in [0.2, 0.25) is 11.8 Å². The van der Waals surface area contributed by atoms with E-state index in [1.54, 1.807) is 23.1 Å². The first-order chi connectivity index (χ1) is 24.1. The predicted octanol–water partition coefficient (Wildman–Crippen LogP) is 7.56. The highest BCUT2D eigenvalue weighted by atomic mass is 32.2. The Morgan fingerprint density at radius 2 is 1.73 bits per heavy atom. The summed E-state index contributed by atoms with van der Waals surface area (Å²) in [4.78, 5) is 31.9. The second-order valence-corrected chi connectivity index (χ2v) is 17.4. The normalized spacial score (nSPS) is 19.5. The van der Waals surface area contributed by atoms with E-state index >= 15 is 4.39 Å². The number of anilines is 2. The lowest BCUT2D eigenvalue weighted by atomic mass is 9.76. The quantitative estimate of drug-likeness (QED) is 0.218. The molecule has 1 N–H and O–H groups in total. The van der Waals surface area contributed by atoms with Crippen LogP contribution in [0.5, 0.6) is 5.88 Å². The second-order valence-electron chi connectivity index (χ2n) is 15.7. The molecule has 2 aliphatic carbocycles. The van der Waals surface area contributed by atoms with Crippen molar-refractivity contribution in [2.24, 2.45) is 10.8 Å². The largest absolute Gasteiger partial charge is 0.475 e. The maximum absolute atomic E-state index is 15.7. The minimum Gasteiger partial charge on any atom is -0.475 e. The second kappa shape index (κ2) is 12.9. The minimum atomic E-state index is -4.23. The molecule has 1 spiro atoms. The molecular weight excluding hydrogens is 668 g/mol. The molecule has 2 aromatic carbocycles. The molecule has 3 aliphatic rings. The van der Waals surface area contributed by atoms with Crippen LogP contribution in [0.3, 0.4) is 0 Å². The Labute approximate surface area is 301 Å².